The fourth-order valence-corrected chi connectivity index (χ4v) is 3.97. The fraction of sp³-hybridized carbons (Fsp3) is 0. The zero-order valence-electron chi connectivity index (χ0n) is 13.7. The first-order valence-corrected chi connectivity index (χ1v) is 9.56. The number of benzene rings is 1. The summed E-state index contributed by atoms with van der Waals surface area (Å²) in [7, 11) is 0. The maximum absolute atomic E-state index is 12.6. The van der Waals surface area contributed by atoms with E-state index in [1.165, 1.54) is 11.3 Å². The van der Waals surface area contributed by atoms with E-state index in [9.17, 15) is 14.7 Å². The molecule has 4 rings (SSSR count). The van der Waals surface area contributed by atoms with Gasteiger partial charge in [-0.15, -0.1) is 11.3 Å². The summed E-state index contributed by atoms with van der Waals surface area (Å²) in [5.41, 5.74) is 1.96. The van der Waals surface area contributed by atoms with Gasteiger partial charge < -0.3 is 14.8 Å². The number of halogens is 1. The number of hydrogen-bond donors (Lipinski definition) is 2. The third-order valence-electron chi connectivity index (χ3n) is 3.96. The quantitative estimate of drug-likeness (QED) is 0.477. The van der Waals surface area contributed by atoms with Gasteiger partial charge in [0.05, 0.1) is 10.6 Å². The number of anilines is 1. The standard InChI is InChI=1S/C19H12BrN3O3S/c20-12-6-4-11(5-7-12)17-16(19(25)26)14(10-27-17)22-18(24)13-9-23-8-2-1-3-15(23)21-13/h1-10H,(H,22,24)(H,25,26). The minimum atomic E-state index is -1.10. The van der Waals surface area contributed by atoms with E-state index < -0.39 is 11.9 Å². The fourth-order valence-electron chi connectivity index (χ4n) is 2.71. The summed E-state index contributed by atoms with van der Waals surface area (Å²) < 4.78 is 2.63. The number of fused-ring (bicyclic) bond motifs is 1. The third kappa shape index (κ3) is 3.36. The highest BCUT2D eigenvalue weighted by Gasteiger charge is 2.22. The topological polar surface area (TPSA) is 83.7 Å². The zero-order chi connectivity index (χ0) is 19.0. The number of carbonyl (C=O) groups excluding carboxylic acids is 1. The number of carboxylic acids is 1. The maximum Gasteiger partial charge on any atom is 0.339 e. The molecule has 8 heteroatoms. The van der Waals surface area contributed by atoms with E-state index in [4.69, 9.17) is 0 Å². The van der Waals surface area contributed by atoms with Crippen LogP contribution in [0.5, 0.6) is 0 Å². The van der Waals surface area contributed by atoms with Crippen LogP contribution >= 0.6 is 27.3 Å². The second-order valence-corrected chi connectivity index (χ2v) is 7.51. The van der Waals surface area contributed by atoms with Gasteiger partial charge in [-0.1, -0.05) is 34.1 Å². The van der Waals surface area contributed by atoms with Crippen LogP contribution in [0.15, 0.2) is 64.7 Å². The maximum atomic E-state index is 12.6. The summed E-state index contributed by atoms with van der Waals surface area (Å²) in [5.74, 6) is -1.55. The molecule has 3 heterocycles. The molecule has 3 aromatic heterocycles. The largest absolute Gasteiger partial charge is 0.478 e. The van der Waals surface area contributed by atoms with Crippen LogP contribution in [0.4, 0.5) is 5.69 Å². The van der Waals surface area contributed by atoms with Crippen LogP contribution in [-0.2, 0) is 0 Å². The van der Waals surface area contributed by atoms with Gasteiger partial charge in [-0.2, -0.15) is 0 Å². The second kappa shape index (κ2) is 6.98. The number of carboxylic acid groups (broad SMARTS) is 1. The molecule has 0 saturated heterocycles. The van der Waals surface area contributed by atoms with E-state index in [0.29, 0.717) is 10.5 Å². The Balaban J connectivity index is 1.68. The highest BCUT2D eigenvalue weighted by molar-refractivity contribution is 9.10. The van der Waals surface area contributed by atoms with Gasteiger partial charge in [-0.25, -0.2) is 9.78 Å². The Bertz CT molecular complexity index is 1130. The molecule has 0 atom stereocenters. The van der Waals surface area contributed by atoms with Crippen molar-refractivity contribution in [3.8, 4) is 10.4 Å². The number of amides is 1. The van der Waals surface area contributed by atoms with Crippen molar-refractivity contribution < 1.29 is 14.7 Å². The van der Waals surface area contributed by atoms with E-state index in [-0.39, 0.29) is 16.9 Å². The molecule has 1 amide bonds. The molecular weight excluding hydrogens is 430 g/mol. The minimum absolute atomic E-state index is 0.0689. The Labute approximate surface area is 166 Å². The van der Waals surface area contributed by atoms with Crippen LogP contribution in [-0.4, -0.2) is 26.4 Å². The van der Waals surface area contributed by atoms with Crippen LogP contribution in [0.2, 0.25) is 0 Å². The minimum Gasteiger partial charge on any atom is -0.478 e. The number of rotatable bonds is 4. The average molecular weight is 442 g/mol. The molecule has 0 aliphatic carbocycles. The number of hydrogen-bond acceptors (Lipinski definition) is 4. The molecule has 27 heavy (non-hydrogen) atoms. The summed E-state index contributed by atoms with van der Waals surface area (Å²) in [4.78, 5) is 29.2. The summed E-state index contributed by atoms with van der Waals surface area (Å²) in [6.07, 6.45) is 3.39. The first-order chi connectivity index (χ1) is 13.0. The molecule has 4 aromatic rings. The SMILES string of the molecule is O=C(Nc1csc(-c2ccc(Br)cc2)c1C(=O)O)c1cn2ccccc2n1. The van der Waals surface area contributed by atoms with Gasteiger partial charge in [-0.05, 0) is 29.8 Å². The number of carbonyl (C=O) groups is 2. The number of pyridine rings is 1. The highest BCUT2D eigenvalue weighted by atomic mass is 79.9. The number of nitrogens with zero attached hydrogens (tertiary/aromatic N) is 2. The van der Waals surface area contributed by atoms with Crippen molar-refractivity contribution in [2.75, 3.05) is 5.32 Å². The first-order valence-electron chi connectivity index (χ1n) is 7.89. The van der Waals surface area contributed by atoms with E-state index in [1.807, 2.05) is 36.4 Å². The Kier molecular flexibility index (Phi) is 4.51. The van der Waals surface area contributed by atoms with Gasteiger partial charge >= 0.3 is 5.97 Å². The number of nitrogens with one attached hydrogen (secondary N) is 1. The first kappa shape index (κ1) is 17.4. The van der Waals surface area contributed by atoms with E-state index in [1.54, 1.807) is 28.2 Å². The molecule has 2 N–H and O–H groups in total. The normalized spacial score (nSPS) is 10.9. The molecule has 1 aromatic carbocycles. The summed E-state index contributed by atoms with van der Waals surface area (Å²) in [6, 6.07) is 12.8. The van der Waals surface area contributed by atoms with Crippen molar-refractivity contribution >= 4 is 50.5 Å². The molecule has 0 aliphatic heterocycles. The van der Waals surface area contributed by atoms with Gasteiger partial charge in [0.1, 0.15) is 16.9 Å². The Hall–Kier alpha value is -2.97. The molecule has 0 unspecified atom stereocenters. The molecule has 6 nitrogen and oxygen atoms in total. The van der Waals surface area contributed by atoms with Crippen molar-refractivity contribution in [2.24, 2.45) is 0 Å². The second-order valence-electron chi connectivity index (χ2n) is 5.71. The van der Waals surface area contributed by atoms with E-state index in [0.717, 1.165) is 10.0 Å². The number of aromatic nitrogens is 2. The van der Waals surface area contributed by atoms with E-state index in [2.05, 4.69) is 26.2 Å². The lowest BCUT2D eigenvalue weighted by Gasteiger charge is -2.05. The van der Waals surface area contributed by atoms with Crippen LogP contribution in [0.3, 0.4) is 0 Å². The summed E-state index contributed by atoms with van der Waals surface area (Å²) >= 11 is 4.63. The molecule has 0 bridgehead atoms. The molecule has 134 valence electrons. The number of aromatic carboxylic acids is 1. The monoisotopic (exact) mass is 441 g/mol. The van der Waals surface area contributed by atoms with Crippen molar-refractivity contribution in [3.63, 3.8) is 0 Å². The lowest BCUT2D eigenvalue weighted by Crippen LogP contribution is -2.14. The van der Waals surface area contributed by atoms with Crippen molar-refractivity contribution in [3.05, 3.63) is 76.0 Å². The van der Waals surface area contributed by atoms with Crippen molar-refractivity contribution in [1.82, 2.24) is 9.38 Å². The molecular formula is C19H12BrN3O3S. The van der Waals surface area contributed by atoms with Crippen LogP contribution in [0.25, 0.3) is 16.1 Å². The van der Waals surface area contributed by atoms with Crippen molar-refractivity contribution in [2.45, 2.75) is 0 Å². The third-order valence-corrected chi connectivity index (χ3v) is 5.51. The lowest BCUT2D eigenvalue weighted by molar-refractivity contribution is 0.0699. The average Bonchev–Trinajstić information content (AvgIpc) is 3.26. The van der Waals surface area contributed by atoms with Crippen LogP contribution in [0.1, 0.15) is 20.8 Å². The smallest absolute Gasteiger partial charge is 0.339 e. The summed E-state index contributed by atoms with van der Waals surface area (Å²) in [5, 5.41) is 14.0. The number of imidazole rings is 1. The zero-order valence-corrected chi connectivity index (χ0v) is 16.1. The lowest BCUT2D eigenvalue weighted by atomic mass is 10.1. The predicted molar refractivity (Wildman–Crippen MR) is 108 cm³/mol. The van der Waals surface area contributed by atoms with Crippen LogP contribution in [0, 0.1) is 0 Å². The highest BCUT2D eigenvalue weighted by Crippen LogP contribution is 2.36. The Morgan fingerprint density at radius 2 is 1.93 bits per heavy atom. The van der Waals surface area contributed by atoms with Crippen LogP contribution < -0.4 is 5.32 Å². The van der Waals surface area contributed by atoms with Gasteiger partial charge in [0.2, 0.25) is 0 Å². The van der Waals surface area contributed by atoms with Gasteiger partial charge in [-0.3, -0.25) is 4.79 Å². The van der Waals surface area contributed by atoms with Gasteiger partial charge in [0.15, 0.2) is 0 Å². The molecule has 0 aliphatic rings. The predicted octanol–water partition coefficient (Wildman–Crippen LogP) is 4.78. The van der Waals surface area contributed by atoms with Crippen molar-refractivity contribution in [1.29, 1.82) is 0 Å². The van der Waals surface area contributed by atoms with Gasteiger partial charge in [0, 0.05) is 22.2 Å². The number of thiophene rings is 1. The Morgan fingerprint density at radius 1 is 1.15 bits per heavy atom. The molecule has 0 saturated carbocycles. The molecule has 0 spiro atoms. The summed E-state index contributed by atoms with van der Waals surface area (Å²) in [6.45, 7) is 0. The van der Waals surface area contributed by atoms with Gasteiger partial charge in [0.25, 0.3) is 5.91 Å². The Morgan fingerprint density at radius 3 is 2.63 bits per heavy atom. The molecule has 0 fully saturated rings. The van der Waals surface area contributed by atoms with E-state index >= 15 is 0 Å². The molecule has 0 radical (unpaired) electrons.